The first-order chi connectivity index (χ1) is 9.76. The van der Waals surface area contributed by atoms with Gasteiger partial charge in [-0.25, -0.2) is 9.97 Å². The van der Waals surface area contributed by atoms with Gasteiger partial charge in [0.1, 0.15) is 6.33 Å². The van der Waals surface area contributed by atoms with E-state index in [1.165, 1.54) is 32.1 Å². The normalized spacial score (nSPS) is 17.6. The monoisotopic (exact) mass is 278 g/mol. The zero-order valence-corrected chi connectivity index (χ0v) is 12.8. The molecule has 20 heavy (non-hydrogen) atoms. The summed E-state index contributed by atoms with van der Waals surface area (Å²) in [6.45, 7) is 5.09. The van der Waals surface area contributed by atoms with E-state index in [2.05, 4.69) is 27.5 Å². The van der Waals surface area contributed by atoms with Gasteiger partial charge < -0.3 is 15.4 Å². The molecule has 1 saturated carbocycles. The molecule has 2 N–H and O–H groups in total. The number of rotatable bonds is 6. The Hall–Kier alpha value is -1.52. The summed E-state index contributed by atoms with van der Waals surface area (Å²) >= 11 is 0. The van der Waals surface area contributed by atoms with Crippen LogP contribution in [0, 0.1) is 5.92 Å². The summed E-state index contributed by atoms with van der Waals surface area (Å²) in [4.78, 5) is 8.57. The molecule has 5 heteroatoms. The lowest BCUT2D eigenvalue weighted by Gasteiger charge is -2.29. The number of hydrogen-bond donors (Lipinski definition) is 2. The number of hydrogen-bond acceptors (Lipinski definition) is 5. The van der Waals surface area contributed by atoms with E-state index in [-0.39, 0.29) is 0 Å². The maximum atomic E-state index is 5.47. The number of aromatic nitrogens is 2. The molecule has 0 amide bonds. The van der Waals surface area contributed by atoms with Crippen molar-refractivity contribution in [2.45, 2.75) is 52.0 Å². The van der Waals surface area contributed by atoms with Gasteiger partial charge in [0.25, 0.3) is 0 Å². The summed E-state index contributed by atoms with van der Waals surface area (Å²) < 4.78 is 5.47. The molecule has 2 rings (SSSR count). The molecule has 0 saturated heterocycles. The molecule has 112 valence electrons. The van der Waals surface area contributed by atoms with Crippen molar-refractivity contribution in [2.24, 2.45) is 5.92 Å². The van der Waals surface area contributed by atoms with E-state index < -0.39 is 0 Å². The lowest BCUT2D eigenvalue weighted by atomic mass is 9.84. The third kappa shape index (κ3) is 3.52. The lowest BCUT2D eigenvalue weighted by Crippen LogP contribution is -2.28. The molecule has 1 heterocycles. The van der Waals surface area contributed by atoms with Crippen molar-refractivity contribution in [3.8, 4) is 5.75 Å². The summed E-state index contributed by atoms with van der Waals surface area (Å²) in [6.07, 6.45) is 8.27. The minimum absolute atomic E-state index is 0.411. The van der Waals surface area contributed by atoms with Crippen LogP contribution in [0.3, 0.4) is 0 Å². The summed E-state index contributed by atoms with van der Waals surface area (Å²) in [6, 6.07) is 0.411. The second-order valence-corrected chi connectivity index (χ2v) is 5.47. The molecular weight excluding hydrogens is 252 g/mol. The molecule has 1 atom stereocenters. The smallest absolute Gasteiger partial charge is 0.204 e. The van der Waals surface area contributed by atoms with Crippen molar-refractivity contribution >= 4 is 11.6 Å². The van der Waals surface area contributed by atoms with Crippen molar-refractivity contribution in [2.75, 3.05) is 24.3 Å². The van der Waals surface area contributed by atoms with Gasteiger partial charge in [-0.15, -0.1) is 0 Å². The van der Waals surface area contributed by atoms with Crippen LogP contribution in [0.25, 0.3) is 0 Å². The largest absolute Gasteiger partial charge is 0.490 e. The van der Waals surface area contributed by atoms with Crippen molar-refractivity contribution in [1.82, 2.24) is 9.97 Å². The lowest BCUT2D eigenvalue weighted by molar-refractivity contribution is 0.327. The predicted octanol–water partition coefficient (Wildman–Crippen LogP) is 3.30. The number of methoxy groups -OCH3 is 1. The third-order valence-electron chi connectivity index (χ3n) is 4.07. The number of nitrogens with one attached hydrogen (secondary N) is 2. The minimum Gasteiger partial charge on any atom is -0.490 e. The summed E-state index contributed by atoms with van der Waals surface area (Å²) in [7, 11) is 1.66. The second-order valence-electron chi connectivity index (χ2n) is 5.47. The van der Waals surface area contributed by atoms with Crippen LogP contribution in [0.15, 0.2) is 6.33 Å². The average Bonchev–Trinajstić information content (AvgIpc) is 2.49. The van der Waals surface area contributed by atoms with Gasteiger partial charge in [-0.2, -0.15) is 0 Å². The molecular formula is C15H26N4O. The predicted molar refractivity (Wildman–Crippen MR) is 82.4 cm³/mol. The first-order valence-electron chi connectivity index (χ1n) is 7.65. The Balaban J connectivity index is 2.09. The Kier molecular flexibility index (Phi) is 5.44. The highest BCUT2D eigenvalue weighted by molar-refractivity contribution is 5.63. The Morgan fingerprint density at radius 2 is 1.95 bits per heavy atom. The quantitative estimate of drug-likeness (QED) is 0.836. The van der Waals surface area contributed by atoms with Gasteiger partial charge in [0.05, 0.1) is 7.11 Å². The zero-order chi connectivity index (χ0) is 14.4. The van der Waals surface area contributed by atoms with Crippen LogP contribution in [-0.4, -0.2) is 29.7 Å². The van der Waals surface area contributed by atoms with Crippen molar-refractivity contribution in [1.29, 1.82) is 0 Å². The fraction of sp³-hybridized carbons (Fsp3) is 0.733. The third-order valence-corrected chi connectivity index (χ3v) is 4.07. The van der Waals surface area contributed by atoms with Gasteiger partial charge in [-0.3, -0.25) is 0 Å². The van der Waals surface area contributed by atoms with Gasteiger partial charge in [0.2, 0.25) is 5.75 Å². The fourth-order valence-corrected chi connectivity index (χ4v) is 2.93. The maximum absolute atomic E-state index is 5.47. The molecule has 0 bridgehead atoms. The number of anilines is 2. The van der Waals surface area contributed by atoms with Crippen LogP contribution < -0.4 is 15.4 Å². The van der Waals surface area contributed by atoms with Gasteiger partial charge in [-0.1, -0.05) is 19.3 Å². The van der Waals surface area contributed by atoms with Crippen LogP contribution >= 0.6 is 0 Å². The van der Waals surface area contributed by atoms with Crippen LogP contribution in [0.4, 0.5) is 11.6 Å². The molecule has 1 fully saturated rings. The van der Waals surface area contributed by atoms with Gasteiger partial charge in [0, 0.05) is 12.6 Å². The second kappa shape index (κ2) is 7.31. The van der Waals surface area contributed by atoms with Crippen molar-refractivity contribution in [3.05, 3.63) is 6.33 Å². The SMILES string of the molecule is CCNc1ncnc(NC(C)C2CCCCC2)c1OC. The van der Waals surface area contributed by atoms with E-state index in [1.807, 2.05) is 6.92 Å². The first kappa shape index (κ1) is 14.9. The molecule has 0 aliphatic heterocycles. The van der Waals surface area contributed by atoms with E-state index in [1.54, 1.807) is 13.4 Å². The minimum atomic E-state index is 0.411. The van der Waals surface area contributed by atoms with Gasteiger partial charge in [-0.05, 0) is 32.6 Å². The van der Waals surface area contributed by atoms with Crippen LogP contribution in [-0.2, 0) is 0 Å². The highest BCUT2D eigenvalue weighted by Crippen LogP contribution is 2.32. The van der Waals surface area contributed by atoms with Gasteiger partial charge >= 0.3 is 0 Å². The van der Waals surface area contributed by atoms with Crippen LogP contribution in [0.5, 0.6) is 5.75 Å². The zero-order valence-electron chi connectivity index (χ0n) is 12.8. The number of nitrogens with zero attached hydrogens (tertiary/aromatic N) is 2. The highest BCUT2D eigenvalue weighted by atomic mass is 16.5. The van der Waals surface area contributed by atoms with E-state index in [9.17, 15) is 0 Å². The Morgan fingerprint density at radius 3 is 2.60 bits per heavy atom. The highest BCUT2D eigenvalue weighted by Gasteiger charge is 2.22. The van der Waals surface area contributed by atoms with Gasteiger partial charge in [0.15, 0.2) is 11.6 Å². The van der Waals surface area contributed by atoms with Crippen molar-refractivity contribution in [3.63, 3.8) is 0 Å². The number of ether oxygens (including phenoxy) is 1. The maximum Gasteiger partial charge on any atom is 0.204 e. The molecule has 1 aromatic heterocycles. The Labute approximate surface area is 121 Å². The molecule has 1 aliphatic rings. The molecule has 0 aromatic carbocycles. The standard InChI is InChI=1S/C15H26N4O/c1-4-16-14-13(20-3)15(18-10-17-14)19-11(2)12-8-6-5-7-9-12/h10-12H,4-9H2,1-3H3,(H2,16,17,18,19). The summed E-state index contributed by atoms with van der Waals surface area (Å²) in [5.41, 5.74) is 0. The van der Waals surface area contributed by atoms with E-state index >= 15 is 0 Å². The molecule has 0 radical (unpaired) electrons. The van der Waals surface area contributed by atoms with E-state index in [0.717, 1.165) is 24.1 Å². The molecule has 1 aromatic rings. The molecule has 5 nitrogen and oxygen atoms in total. The van der Waals surface area contributed by atoms with Crippen LogP contribution in [0.1, 0.15) is 46.0 Å². The molecule has 1 aliphatic carbocycles. The van der Waals surface area contributed by atoms with Crippen LogP contribution in [0.2, 0.25) is 0 Å². The van der Waals surface area contributed by atoms with Crippen molar-refractivity contribution < 1.29 is 4.74 Å². The topological polar surface area (TPSA) is 59.1 Å². The fourth-order valence-electron chi connectivity index (χ4n) is 2.93. The average molecular weight is 278 g/mol. The summed E-state index contributed by atoms with van der Waals surface area (Å²) in [5, 5.41) is 6.72. The first-order valence-corrected chi connectivity index (χ1v) is 7.65. The molecule has 0 spiro atoms. The van der Waals surface area contributed by atoms with E-state index in [0.29, 0.717) is 11.8 Å². The van der Waals surface area contributed by atoms with E-state index in [4.69, 9.17) is 4.74 Å². The Bertz CT molecular complexity index is 418. The summed E-state index contributed by atoms with van der Waals surface area (Å²) in [5.74, 6) is 2.97. The Morgan fingerprint density at radius 1 is 1.25 bits per heavy atom. The molecule has 1 unspecified atom stereocenters.